The highest BCUT2D eigenvalue weighted by molar-refractivity contribution is 5.98. The number of carbonyl (C=O) groups excluding carboxylic acids is 1. The molecule has 0 amide bonds. The summed E-state index contributed by atoms with van der Waals surface area (Å²) in [7, 11) is 0. The maximum atomic E-state index is 12.2. The third-order valence-corrected chi connectivity index (χ3v) is 3.57. The molecule has 2 rings (SSSR count). The van der Waals surface area contributed by atoms with Gasteiger partial charge in [-0.2, -0.15) is 0 Å². The number of rotatable bonds is 7. The Bertz CT molecular complexity index is 699. The van der Waals surface area contributed by atoms with Crippen LogP contribution in [0.15, 0.2) is 60.7 Å². The molecular formula is C17H15NO5. The van der Waals surface area contributed by atoms with Crippen LogP contribution in [-0.2, 0) is 4.79 Å². The van der Waals surface area contributed by atoms with Crippen molar-refractivity contribution < 1.29 is 19.6 Å². The monoisotopic (exact) mass is 313 g/mol. The van der Waals surface area contributed by atoms with Gasteiger partial charge in [0.2, 0.25) is 0 Å². The fraction of sp³-hybridized carbons (Fsp3) is 0.176. The lowest BCUT2D eigenvalue weighted by molar-refractivity contribution is -0.536. The smallest absolute Gasteiger partial charge is 0.314 e. The number of nitro groups is 1. The molecule has 0 aliphatic heterocycles. The molecule has 0 heterocycles. The van der Waals surface area contributed by atoms with E-state index in [0.717, 1.165) is 0 Å². The molecule has 6 nitrogen and oxygen atoms in total. The van der Waals surface area contributed by atoms with E-state index in [9.17, 15) is 24.8 Å². The fourth-order valence-corrected chi connectivity index (χ4v) is 2.43. The van der Waals surface area contributed by atoms with Crippen molar-refractivity contribution in [3.8, 4) is 0 Å². The van der Waals surface area contributed by atoms with Crippen molar-refractivity contribution in [1.29, 1.82) is 0 Å². The minimum absolute atomic E-state index is 0.269. The minimum Gasteiger partial charge on any atom is -0.481 e. The molecule has 0 bridgehead atoms. The summed E-state index contributed by atoms with van der Waals surface area (Å²) in [5, 5.41) is 20.8. The van der Waals surface area contributed by atoms with Gasteiger partial charge in [0.05, 0.1) is 0 Å². The Morgan fingerprint density at radius 3 is 2.00 bits per heavy atom. The number of benzene rings is 2. The van der Waals surface area contributed by atoms with Gasteiger partial charge in [-0.05, 0) is 0 Å². The maximum Gasteiger partial charge on any atom is 0.314 e. The quantitative estimate of drug-likeness (QED) is 0.481. The average Bonchev–Trinajstić information content (AvgIpc) is 2.55. The molecule has 0 aliphatic carbocycles. The zero-order valence-corrected chi connectivity index (χ0v) is 12.2. The van der Waals surface area contributed by atoms with Gasteiger partial charge in [0.15, 0.2) is 5.78 Å². The van der Waals surface area contributed by atoms with Gasteiger partial charge in [-0.25, -0.2) is 0 Å². The van der Waals surface area contributed by atoms with Crippen molar-refractivity contribution in [3.05, 3.63) is 81.9 Å². The van der Waals surface area contributed by atoms with Gasteiger partial charge < -0.3 is 5.11 Å². The summed E-state index contributed by atoms with van der Waals surface area (Å²) in [6, 6.07) is 14.6. The molecular weight excluding hydrogens is 298 g/mol. The molecule has 23 heavy (non-hydrogen) atoms. The molecule has 0 aliphatic rings. The molecule has 0 saturated carbocycles. The molecule has 0 spiro atoms. The third kappa shape index (κ3) is 4.00. The second-order valence-electron chi connectivity index (χ2n) is 5.08. The zero-order valence-electron chi connectivity index (χ0n) is 12.2. The Morgan fingerprint density at radius 2 is 1.52 bits per heavy atom. The predicted molar refractivity (Wildman–Crippen MR) is 82.7 cm³/mol. The summed E-state index contributed by atoms with van der Waals surface area (Å²) in [6.45, 7) is 0. The molecule has 0 radical (unpaired) electrons. The number of Topliss-reactive ketones (excluding diaryl/α,β-unsaturated/α-hetero) is 1. The minimum atomic E-state index is -1.47. The second-order valence-corrected chi connectivity index (χ2v) is 5.08. The van der Waals surface area contributed by atoms with Crippen LogP contribution >= 0.6 is 0 Å². The molecule has 0 unspecified atom stereocenters. The van der Waals surface area contributed by atoms with Crippen LogP contribution < -0.4 is 0 Å². The largest absolute Gasteiger partial charge is 0.481 e. The van der Waals surface area contributed by atoms with Crippen LogP contribution in [0.1, 0.15) is 28.4 Å². The fourth-order valence-electron chi connectivity index (χ4n) is 2.43. The summed E-state index contributed by atoms with van der Waals surface area (Å²) in [5.41, 5.74) is 0.611. The summed E-state index contributed by atoms with van der Waals surface area (Å²) >= 11 is 0. The van der Waals surface area contributed by atoms with E-state index in [1.807, 2.05) is 0 Å². The first kappa shape index (κ1) is 16.4. The van der Waals surface area contributed by atoms with Crippen molar-refractivity contribution in [1.82, 2.24) is 0 Å². The first-order chi connectivity index (χ1) is 11.0. The molecule has 2 atom stereocenters. The van der Waals surface area contributed by atoms with E-state index < -0.39 is 35.1 Å². The molecule has 6 heteroatoms. The van der Waals surface area contributed by atoms with Crippen molar-refractivity contribution in [3.63, 3.8) is 0 Å². The van der Waals surface area contributed by atoms with Crippen LogP contribution in [-0.4, -0.2) is 21.8 Å². The molecule has 0 fully saturated rings. The molecule has 0 aromatic heterocycles. The van der Waals surface area contributed by atoms with Crippen LogP contribution in [0.3, 0.4) is 0 Å². The molecule has 1 N–H and O–H groups in total. The third-order valence-electron chi connectivity index (χ3n) is 3.57. The van der Waals surface area contributed by atoms with Gasteiger partial charge in [-0.3, -0.25) is 19.7 Å². The zero-order chi connectivity index (χ0) is 16.8. The normalized spacial score (nSPS) is 13.0. The Kier molecular flexibility index (Phi) is 5.19. The SMILES string of the molecule is O=C(C[C@@H](C(=O)O)[C@@H](c1ccccc1)[N+](=O)[O-])c1ccccc1. The van der Waals surface area contributed by atoms with E-state index in [2.05, 4.69) is 0 Å². The summed E-state index contributed by atoms with van der Waals surface area (Å²) < 4.78 is 0. The van der Waals surface area contributed by atoms with Crippen molar-refractivity contribution >= 4 is 11.8 Å². The lowest BCUT2D eigenvalue weighted by Gasteiger charge is -2.17. The van der Waals surface area contributed by atoms with Crippen LogP contribution in [0.25, 0.3) is 0 Å². The van der Waals surface area contributed by atoms with Gasteiger partial charge in [-0.15, -0.1) is 0 Å². The lowest BCUT2D eigenvalue weighted by atomic mass is 9.88. The van der Waals surface area contributed by atoms with E-state index >= 15 is 0 Å². The second kappa shape index (κ2) is 7.31. The average molecular weight is 313 g/mol. The number of hydrogen-bond donors (Lipinski definition) is 1. The highest BCUT2D eigenvalue weighted by Crippen LogP contribution is 2.29. The van der Waals surface area contributed by atoms with E-state index in [-0.39, 0.29) is 5.56 Å². The molecule has 0 saturated heterocycles. The summed E-state index contributed by atoms with van der Waals surface area (Å²) in [4.78, 5) is 34.5. The summed E-state index contributed by atoms with van der Waals surface area (Å²) in [5.74, 6) is -3.22. The van der Waals surface area contributed by atoms with E-state index in [4.69, 9.17) is 0 Å². The van der Waals surface area contributed by atoms with E-state index in [1.54, 1.807) is 48.5 Å². The Balaban J connectivity index is 2.31. The number of carboxylic acid groups (broad SMARTS) is 1. The number of ketones is 1. The number of nitrogens with zero attached hydrogens (tertiary/aromatic N) is 1. The standard InChI is InChI=1S/C17H15NO5/c19-15(12-7-3-1-4-8-12)11-14(17(20)21)16(18(22)23)13-9-5-2-6-10-13/h1-10,14,16H,11H2,(H,20,21)/t14-,16-/m1/s1. The number of carboxylic acids is 1. The van der Waals surface area contributed by atoms with Gasteiger partial charge in [0.25, 0.3) is 6.04 Å². The van der Waals surface area contributed by atoms with Gasteiger partial charge in [-0.1, -0.05) is 60.7 Å². The van der Waals surface area contributed by atoms with E-state index in [0.29, 0.717) is 5.56 Å². The van der Waals surface area contributed by atoms with Crippen LogP contribution in [0.5, 0.6) is 0 Å². The van der Waals surface area contributed by atoms with Crippen molar-refractivity contribution in [2.75, 3.05) is 0 Å². The lowest BCUT2D eigenvalue weighted by Crippen LogP contribution is -2.30. The van der Waals surface area contributed by atoms with Gasteiger partial charge in [0, 0.05) is 22.5 Å². The Hall–Kier alpha value is -3.02. The predicted octanol–water partition coefficient (Wildman–Crippen LogP) is 2.98. The molecule has 2 aromatic carbocycles. The van der Waals surface area contributed by atoms with Gasteiger partial charge in [0.1, 0.15) is 5.92 Å². The van der Waals surface area contributed by atoms with Crippen LogP contribution in [0.2, 0.25) is 0 Å². The van der Waals surface area contributed by atoms with E-state index in [1.165, 1.54) is 12.1 Å². The van der Waals surface area contributed by atoms with Crippen LogP contribution in [0, 0.1) is 16.0 Å². The number of hydrogen-bond acceptors (Lipinski definition) is 4. The van der Waals surface area contributed by atoms with Crippen molar-refractivity contribution in [2.45, 2.75) is 12.5 Å². The topological polar surface area (TPSA) is 97.5 Å². The Labute approximate surface area is 132 Å². The highest BCUT2D eigenvalue weighted by atomic mass is 16.6. The highest BCUT2D eigenvalue weighted by Gasteiger charge is 2.40. The summed E-state index contributed by atoms with van der Waals surface area (Å²) in [6.07, 6.45) is -0.431. The van der Waals surface area contributed by atoms with Gasteiger partial charge >= 0.3 is 5.97 Å². The number of aliphatic carboxylic acids is 1. The first-order valence-corrected chi connectivity index (χ1v) is 7.00. The number of carbonyl (C=O) groups is 2. The maximum absolute atomic E-state index is 12.2. The molecule has 2 aromatic rings. The van der Waals surface area contributed by atoms with Crippen LogP contribution in [0.4, 0.5) is 0 Å². The molecule has 118 valence electrons. The Morgan fingerprint density at radius 1 is 1.00 bits per heavy atom. The first-order valence-electron chi connectivity index (χ1n) is 7.00. The van der Waals surface area contributed by atoms with Crippen molar-refractivity contribution in [2.24, 2.45) is 5.92 Å².